The Morgan fingerprint density at radius 2 is 1.70 bits per heavy atom. The molecule has 4 aromatic carbocycles. The van der Waals surface area contributed by atoms with Crippen LogP contribution in [-0.2, 0) is 14.4 Å². The van der Waals surface area contributed by atoms with Crippen LogP contribution in [0.3, 0.4) is 0 Å². The molecular weight excluding hydrogens is 606 g/mol. The minimum absolute atomic E-state index is 0.232. The number of hydrogen-bond donors (Lipinski definition) is 2. The number of rotatable bonds is 6. The van der Waals surface area contributed by atoms with Crippen LogP contribution in [0.25, 0.3) is 10.8 Å². The molecule has 0 spiro atoms. The Labute approximate surface area is 258 Å². The van der Waals surface area contributed by atoms with Crippen molar-refractivity contribution in [3.05, 3.63) is 116 Å². The van der Waals surface area contributed by atoms with Gasteiger partial charge in [-0.25, -0.2) is 4.90 Å². The van der Waals surface area contributed by atoms with Gasteiger partial charge >= 0.3 is 4.87 Å². The molecule has 0 radical (unpaired) electrons. The van der Waals surface area contributed by atoms with Crippen LogP contribution < -0.4 is 19.8 Å². The maximum atomic E-state index is 13.9. The van der Waals surface area contributed by atoms with Gasteiger partial charge in [-0.2, -0.15) is 0 Å². The fourth-order valence-electron chi connectivity index (χ4n) is 5.69. The maximum absolute atomic E-state index is 13.9. The van der Waals surface area contributed by atoms with Crippen molar-refractivity contribution in [3.8, 4) is 5.75 Å². The first kappa shape index (κ1) is 27.5. The minimum Gasteiger partial charge on any atom is -0.484 e. The van der Waals surface area contributed by atoms with Crippen molar-refractivity contribution < 1.29 is 19.1 Å². The highest BCUT2D eigenvalue weighted by Gasteiger charge is 2.56. The molecule has 0 saturated carbocycles. The van der Waals surface area contributed by atoms with Gasteiger partial charge in [0.05, 0.1) is 16.6 Å². The average molecular weight is 628 g/mol. The molecule has 5 aromatic rings. The highest BCUT2D eigenvalue weighted by Crippen LogP contribution is 2.53. The number of anilines is 2. The number of aromatic nitrogens is 1. The van der Waals surface area contributed by atoms with Gasteiger partial charge in [0.2, 0.25) is 11.8 Å². The highest BCUT2D eigenvalue weighted by atomic mass is 35.5. The number of thiazole rings is 1. The van der Waals surface area contributed by atoms with Gasteiger partial charge in [0, 0.05) is 26.9 Å². The SMILES string of the molecule is O=C(COc1cccc([C@@H]2c3sc(=O)[nH]c3S[C@H]3C(=O)N(c4ccc(Cl)cc4)C(=O)[C@@H]23)c1)Nc1cccc2ccccc12. The van der Waals surface area contributed by atoms with E-state index in [1.807, 2.05) is 48.5 Å². The molecular formula is C32H22ClN3O5S2. The van der Waals surface area contributed by atoms with Gasteiger partial charge in [0.1, 0.15) is 11.0 Å². The Balaban J connectivity index is 1.16. The van der Waals surface area contributed by atoms with E-state index in [-0.39, 0.29) is 29.2 Å². The number of H-pyrrole nitrogens is 1. The van der Waals surface area contributed by atoms with Crippen LogP contribution in [0.1, 0.15) is 16.4 Å². The van der Waals surface area contributed by atoms with E-state index in [0.717, 1.165) is 22.1 Å². The minimum atomic E-state index is -0.739. The third-order valence-electron chi connectivity index (χ3n) is 7.56. The van der Waals surface area contributed by atoms with Crippen LogP contribution in [0.4, 0.5) is 11.4 Å². The standard InChI is InChI=1S/C32H22ClN3O5S2/c33-19-11-13-20(14-12-19)36-30(38)26-25(27-29(35-32(40)43-27)42-28(26)31(36)39)18-7-3-8-21(15-18)41-16-24(37)34-23-10-4-6-17-5-1-2-9-22(17)23/h1-15,25-26,28H,16H2,(H,34,37)(H,35,40)/t25-,26-,28+/m0/s1. The van der Waals surface area contributed by atoms with Crippen molar-refractivity contribution in [1.29, 1.82) is 0 Å². The molecule has 8 nitrogen and oxygen atoms in total. The molecule has 3 atom stereocenters. The monoisotopic (exact) mass is 627 g/mol. The molecule has 7 rings (SSSR count). The topological polar surface area (TPSA) is 109 Å². The lowest BCUT2D eigenvalue weighted by Gasteiger charge is -2.30. The number of halogens is 1. The van der Waals surface area contributed by atoms with Gasteiger partial charge in [0.25, 0.3) is 5.91 Å². The zero-order chi connectivity index (χ0) is 29.7. The van der Waals surface area contributed by atoms with Gasteiger partial charge in [-0.05, 0) is 53.4 Å². The lowest BCUT2D eigenvalue weighted by Crippen LogP contribution is -2.32. The number of thioether (sulfide) groups is 1. The van der Waals surface area contributed by atoms with Gasteiger partial charge in [-0.15, -0.1) is 0 Å². The normalized spacial score (nSPS) is 19.3. The lowest BCUT2D eigenvalue weighted by atomic mass is 9.83. The third-order valence-corrected chi connectivity index (χ3v) is 10.2. The predicted molar refractivity (Wildman–Crippen MR) is 168 cm³/mol. The van der Waals surface area contributed by atoms with E-state index in [0.29, 0.717) is 37.6 Å². The largest absolute Gasteiger partial charge is 0.484 e. The summed E-state index contributed by atoms with van der Waals surface area (Å²) in [5.74, 6) is -1.89. The molecule has 2 N–H and O–H groups in total. The molecule has 0 bridgehead atoms. The summed E-state index contributed by atoms with van der Waals surface area (Å²) in [6.07, 6.45) is 0. The second-order valence-corrected chi connectivity index (χ2v) is 12.8. The van der Waals surface area contributed by atoms with Crippen molar-refractivity contribution in [2.45, 2.75) is 16.2 Å². The molecule has 214 valence electrons. The van der Waals surface area contributed by atoms with Gasteiger partial charge < -0.3 is 15.0 Å². The molecule has 11 heteroatoms. The van der Waals surface area contributed by atoms with E-state index in [4.69, 9.17) is 16.3 Å². The number of carbonyl (C=O) groups excluding carboxylic acids is 3. The molecule has 1 aromatic heterocycles. The summed E-state index contributed by atoms with van der Waals surface area (Å²) in [4.78, 5) is 57.2. The molecule has 0 unspecified atom stereocenters. The first-order valence-corrected chi connectivity index (χ1v) is 15.5. The molecule has 3 amide bonds. The number of carbonyl (C=O) groups is 3. The lowest BCUT2D eigenvalue weighted by molar-refractivity contribution is -0.122. The van der Waals surface area contributed by atoms with E-state index < -0.39 is 17.1 Å². The summed E-state index contributed by atoms with van der Waals surface area (Å²) in [6.45, 7) is -0.232. The smallest absolute Gasteiger partial charge is 0.305 e. The van der Waals surface area contributed by atoms with Crippen molar-refractivity contribution in [2.75, 3.05) is 16.8 Å². The van der Waals surface area contributed by atoms with E-state index in [1.165, 1.54) is 16.7 Å². The zero-order valence-corrected chi connectivity index (χ0v) is 24.7. The van der Waals surface area contributed by atoms with Crippen LogP contribution in [0.5, 0.6) is 5.75 Å². The number of nitrogens with zero attached hydrogens (tertiary/aromatic N) is 1. The molecule has 1 fully saturated rings. The second-order valence-electron chi connectivity index (χ2n) is 10.2. The summed E-state index contributed by atoms with van der Waals surface area (Å²) in [5.41, 5.74) is 1.84. The average Bonchev–Trinajstić information content (AvgIpc) is 3.51. The Morgan fingerprint density at radius 1 is 0.930 bits per heavy atom. The number of imide groups is 1. The van der Waals surface area contributed by atoms with Crippen molar-refractivity contribution >= 4 is 74.6 Å². The fourth-order valence-corrected chi connectivity index (χ4v) is 8.33. The molecule has 2 aliphatic rings. The first-order valence-electron chi connectivity index (χ1n) is 13.4. The van der Waals surface area contributed by atoms with Crippen molar-refractivity contribution in [3.63, 3.8) is 0 Å². The van der Waals surface area contributed by atoms with Gasteiger partial charge in [0.15, 0.2) is 6.61 Å². The van der Waals surface area contributed by atoms with E-state index in [1.54, 1.807) is 42.5 Å². The number of hydrogen-bond acceptors (Lipinski definition) is 7. The van der Waals surface area contributed by atoms with Crippen molar-refractivity contribution in [1.82, 2.24) is 4.98 Å². The van der Waals surface area contributed by atoms with Crippen LogP contribution >= 0.6 is 34.7 Å². The summed E-state index contributed by atoms with van der Waals surface area (Å²) in [7, 11) is 0. The van der Waals surface area contributed by atoms with E-state index in [2.05, 4.69) is 10.3 Å². The molecule has 2 aliphatic heterocycles. The van der Waals surface area contributed by atoms with E-state index in [9.17, 15) is 19.2 Å². The summed E-state index contributed by atoms with van der Waals surface area (Å²) in [6, 6.07) is 27.1. The zero-order valence-electron chi connectivity index (χ0n) is 22.3. The molecule has 0 aliphatic carbocycles. The second kappa shape index (κ2) is 11.0. The van der Waals surface area contributed by atoms with Crippen LogP contribution in [0.15, 0.2) is 101 Å². The predicted octanol–water partition coefficient (Wildman–Crippen LogP) is 6.06. The number of nitrogens with one attached hydrogen (secondary N) is 2. The fraction of sp³-hybridized carbons (Fsp3) is 0.125. The maximum Gasteiger partial charge on any atom is 0.305 e. The van der Waals surface area contributed by atoms with E-state index >= 15 is 0 Å². The third kappa shape index (κ3) is 5.01. The summed E-state index contributed by atoms with van der Waals surface area (Å²) < 4.78 is 5.88. The van der Waals surface area contributed by atoms with Crippen LogP contribution in [-0.4, -0.2) is 34.6 Å². The number of amides is 3. The van der Waals surface area contributed by atoms with Crippen molar-refractivity contribution in [2.24, 2.45) is 5.92 Å². The molecule has 43 heavy (non-hydrogen) atoms. The first-order chi connectivity index (χ1) is 20.9. The summed E-state index contributed by atoms with van der Waals surface area (Å²) in [5, 5.41) is 5.21. The van der Waals surface area contributed by atoms with Crippen LogP contribution in [0.2, 0.25) is 5.02 Å². The summed E-state index contributed by atoms with van der Waals surface area (Å²) >= 11 is 8.29. The number of benzene rings is 4. The Kier molecular flexibility index (Phi) is 7.04. The number of ether oxygens (including phenoxy) is 1. The van der Waals surface area contributed by atoms with Gasteiger partial charge in [-0.3, -0.25) is 19.2 Å². The van der Waals surface area contributed by atoms with Gasteiger partial charge in [-0.1, -0.05) is 83.2 Å². The molecule has 3 heterocycles. The molecule has 1 saturated heterocycles. The van der Waals surface area contributed by atoms with Crippen LogP contribution in [0, 0.1) is 5.92 Å². The Hall–Kier alpha value is -4.38. The Bertz CT molecular complexity index is 1970. The quantitative estimate of drug-likeness (QED) is 0.222. The number of fused-ring (bicyclic) bond motifs is 3. The number of aromatic amines is 1. The highest BCUT2D eigenvalue weighted by molar-refractivity contribution is 8.00. The Morgan fingerprint density at radius 3 is 2.53 bits per heavy atom.